The van der Waals surface area contributed by atoms with Gasteiger partial charge in [-0.1, -0.05) is 23.3 Å². The molecule has 2 fully saturated rings. The molecular weight excluding hydrogens is 471 g/mol. The summed E-state index contributed by atoms with van der Waals surface area (Å²) in [5.41, 5.74) is -0.835. The second kappa shape index (κ2) is 10.3. The first-order chi connectivity index (χ1) is 17.4. The number of anilines is 2. The van der Waals surface area contributed by atoms with Gasteiger partial charge in [0, 0.05) is 23.3 Å². The van der Waals surface area contributed by atoms with Gasteiger partial charge >= 0.3 is 12.2 Å². The van der Waals surface area contributed by atoms with Gasteiger partial charge in [0.1, 0.15) is 0 Å². The molecule has 0 atom stereocenters. The van der Waals surface area contributed by atoms with Crippen molar-refractivity contribution in [1.82, 2.24) is 15.1 Å². The molecule has 1 amide bonds. The van der Waals surface area contributed by atoms with Crippen LogP contribution in [0.1, 0.15) is 54.4 Å². The predicted molar refractivity (Wildman–Crippen MR) is 130 cm³/mol. The number of benzene rings is 2. The van der Waals surface area contributed by atoms with Gasteiger partial charge in [-0.3, -0.25) is 4.79 Å². The third-order valence-corrected chi connectivity index (χ3v) is 6.96. The smallest absolute Gasteiger partial charge is 0.403 e. The molecule has 1 saturated carbocycles. The van der Waals surface area contributed by atoms with Crippen LogP contribution >= 0.6 is 0 Å². The van der Waals surface area contributed by atoms with E-state index in [9.17, 15) is 18.0 Å². The quantitative estimate of drug-likeness (QED) is 0.444. The third-order valence-electron chi connectivity index (χ3n) is 6.96. The van der Waals surface area contributed by atoms with Gasteiger partial charge in [0.2, 0.25) is 5.89 Å². The SMILES string of the molecule is O=C(Nc1ccc(-c2nnc(NC3CCC(N4CCCC4)CC3)o2)c(C(F)(F)F)c1)c1ccccc1. The van der Waals surface area contributed by atoms with Crippen molar-refractivity contribution < 1.29 is 22.4 Å². The third kappa shape index (κ3) is 5.53. The highest BCUT2D eigenvalue weighted by atomic mass is 19.4. The Bertz CT molecular complexity index is 1180. The van der Waals surface area contributed by atoms with Crippen LogP contribution in [0.4, 0.5) is 24.9 Å². The van der Waals surface area contributed by atoms with Crippen molar-refractivity contribution in [1.29, 1.82) is 0 Å². The average Bonchev–Trinajstić information content (AvgIpc) is 3.57. The van der Waals surface area contributed by atoms with Gasteiger partial charge in [-0.05, 0) is 81.9 Å². The van der Waals surface area contributed by atoms with Gasteiger partial charge in [-0.15, -0.1) is 5.10 Å². The monoisotopic (exact) mass is 499 g/mol. The van der Waals surface area contributed by atoms with Crippen LogP contribution in [0.5, 0.6) is 0 Å². The van der Waals surface area contributed by atoms with Crippen LogP contribution in [0, 0.1) is 0 Å². The first kappa shape index (κ1) is 24.3. The Kier molecular flexibility index (Phi) is 6.95. The molecule has 190 valence electrons. The minimum Gasteiger partial charge on any atom is -0.403 e. The molecule has 2 aromatic carbocycles. The molecule has 1 aromatic heterocycles. The molecule has 10 heteroatoms. The molecule has 3 aromatic rings. The molecule has 2 aliphatic rings. The summed E-state index contributed by atoms with van der Waals surface area (Å²) >= 11 is 0. The maximum absolute atomic E-state index is 13.9. The number of likely N-dealkylation sites (tertiary alicyclic amines) is 1. The van der Waals surface area contributed by atoms with E-state index in [1.165, 1.54) is 38.1 Å². The van der Waals surface area contributed by atoms with Gasteiger partial charge in [0.05, 0.1) is 11.1 Å². The molecule has 5 rings (SSSR count). The van der Waals surface area contributed by atoms with E-state index in [2.05, 4.69) is 25.7 Å². The Hall–Kier alpha value is -3.40. The number of aromatic nitrogens is 2. The number of hydrogen-bond acceptors (Lipinski definition) is 6. The first-order valence-corrected chi connectivity index (χ1v) is 12.3. The fraction of sp³-hybridized carbons (Fsp3) is 0.423. The number of nitrogens with one attached hydrogen (secondary N) is 2. The predicted octanol–water partition coefficient (Wildman–Crippen LogP) is 5.83. The molecule has 0 bridgehead atoms. The molecule has 1 aliphatic heterocycles. The van der Waals surface area contributed by atoms with E-state index in [1.807, 2.05) is 0 Å². The first-order valence-electron chi connectivity index (χ1n) is 12.3. The lowest BCUT2D eigenvalue weighted by molar-refractivity contribution is -0.137. The van der Waals surface area contributed by atoms with Crippen LogP contribution in [0.3, 0.4) is 0 Å². The number of rotatable bonds is 6. The Morgan fingerprint density at radius 1 is 0.972 bits per heavy atom. The van der Waals surface area contributed by atoms with Crippen LogP contribution in [-0.4, -0.2) is 46.2 Å². The minimum atomic E-state index is -4.68. The van der Waals surface area contributed by atoms with Crippen LogP contribution in [-0.2, 0) is 6.18 Å². The van der Waals surface area contributed by atoms with Gasteiger partial charge in [0.15, 0.2) is 0 Å². The van der Waals surface area contributed by atoms with E-state index in [4.69, 9.17) is 4.42 Å². The summed E-state index contributed by atoms with van der Waals surface area (Å²) < 4.78 is 47.3. The Labute approximate surface area is 207 Å². The summed E-state index contributed by atoms with van der Waals surface area (Å²) in [5.74, 6) is -0.725. The van der Waals surface area contributed by atoms with Gasteiger partial charge in [-0.25, -0.2) is 0 Å². The highest BCUT2D eigenvalue weighted by Gasteiger charge is 2.36. The molecule has 0 unspecified atom stereocenters. The summed E-state index contributed by atoms with van der Waals surface area (Å²) in [6, 6.07) is 12.7. The minimum absolute atomic E-state index is 0.0209. The standard InChI is InChI=1S/C26H28F3N5O2/c27-26(28,29)22-16-19(30-23(35)17-6-2-1-3-7-17)10-13-21(22)24-32-33-25(36-24)31-18-8-11-20(12-9-18)34-14-4-5-15-34/h1-3,6-7,10,13,16,18,20H,4-5,8-9,11-12,14-15H2,(H,30,35)(H,31,33). The molecule has 2 N–H and O–H groups in total. The van der Waals surface area contributed by atoms with Gasteiger partial charge < -0.3 is 20.0 Å². The summed E-state index contributed by atoms with van der Waals surface area (Å²) in [7, 11) is 0. The van der Waals surface area contributed by atoms with E-state index in [1.54, 1.807) is 30.3 Å². The maximum Gasteiger partial charge on any atom is 0.417 e. The molecular formula is C26H28F3N5O2. The molecule has 36 heavy (non-hydrogen) atoms. The zero-order chi connectivity index (χ0) is 25.1. The zero-order valence-corrected chi connectivity index (χ0v) is 19.7. The lowest BCUT2D eigenvalue weighted by atomic mass is 9.90. The Morgan fingerprint density at radius 2 is 1.69 bits per heavy atom. The molecule has 0 spiro atoms. The van der Waals surface area contributed by atoms with Gasteiger partial charge in [-0.2, -0.15) is 13.2 Å². The van der Waals surface area contributed by atoms with Crippen molar-refractivity contribution in [2.24, 2.45) is 0 Å². The van der Waals surface area contributed by atoms with Crippen LogP contribution < -0.4 is 10.6 Å². The van der Waals surface area contributed by atoms with Gasteiger partial charge in [0.25, 0.3) is 5.91 Å². The van der Waals surface area contributed by atoms with E-state index < -0.39 is 17.6 Å². The van der Waals surface area contributed by atoms with Crippen molar-refractivity contribution >= 4 is 17.6 Å². The normalized spacial score (nSPS) is 20.9. The molecule has 1 aliphatic carbocycles. The largest absolute Gasteiger partial charge is 0.417 e. The van der Waals surface area contributed by atoms with Crippen LogP contribution in [0.25, 0.3) is 11.5 Å². The molecule has 7 nitrogen and oxygen atoms in total. The second-order valence-electron chi connectivity index (χ2n) is 9.38. The Morgan fingerprint density at radius 3 is 2.39 bits per heavy atom. The highest BCUT2D eigenvalue weighted by Crippen LogP contribution is 2.39. The Balaban J connectivity index is 1.27. The maximum atomic E-state index is 13.9. The summed E-state index contributed by atoms with van der Waals surface area (Å²) in [6.45, 7) is 2.35. The summed E-state index contributed by atoms with van der Waals surface area (Å²) in [6.07, 6.45) is 1.90. The number of alkyl halides is 3. The van der Waals surface area contributed by atoms with E-state index in [0.29, 0.717) is 11.6 Å². The van der Waals surface area contributed by atoms with E-state index in [0.717, 1.165) is 31.7 Å². The van der Waals surface area contributed by atoms with Crippen LogP contribution in [0.2, 0.25) is 0 Å². The number of amides is 1. The summed E-state index contributed by atoms with van der Waals surface area (Å²) in [4.78, 5) is 14.9. The molecule has 1 saturated heterocycles. The van der Waals surface area contributed by atoms with Crippen molar-refractivity contribution in [2.45, 2.75) is 56.8 Å². The topological polar surface area (TPSA) is 83.3 Å². The molecule has 2 heterocycles. The number of nitrogens with zero attached hydrogens (tertiary/aromatic N) is 3. The lowest BCUT2D eigenvalue weighted by Crippen LogP contribution is -2.38. The van der Waals surface area contributed by atoms with Crippen molar-refractivity contribution in [3.8, 4) is 11.5 Å². The highest BCUT2D eigenvalue weighted by molar-refractivity contribution is 6.04. The second-order valence-corrected chi connectivity index (χ2v) is 9.38. The average molecular weight is 500 g/mol. The van der Waals surface area contributed by atoms with E-state index in [-0.39, 0.29) is 29.2 Å². The van der Waals surface area contributed by atoms with Crippen molar-refractivity contribution in [2.75, 3.05) is 23.7 Å². The number of carbonyl (C=O) groups is 1. The zero-order valence-electron chi connectivity index (χ0n) is 19.7. The number of halogens is 3. The molecule has 0 radical (unpaired) electrons. The lowest BCUT2D eigenvalue weighted by Gasteiger charge is -2.34. The van der Waals surface area contributed by atoms with Crippen molar-refractivity contribution in [3.05, 3.63) is 59.7 Å². The fourth-order valence-corrected chi connectivity index (χ4v) is 5.09. The fourth-order valence-electron chi connectivity index (χ4n) is 5.09. The number of carbonyl (C=O) groups excluding carboxylic acids is 1. The van der Waals surface area contributed by atoms with Crippen LogP contribution in [0.15, 0.2) is 52.9 Å². The summed E-state index contributed by atoms with van der Waals surface area (Å²) in [5, 5.41) is 13.5. The number of hydrogen-bond donors (Lipinski definition) is 2. The van der Waals surface area contributed by atoms with E-state index >= 15 is 0 Å². The van der Waals surface area contributed by atoms with Crippen molar-refractivity contribution in [3.63, 3.8) is 0 Å².